The number of Topliss-reactive ketones (excluding diaryl/α,β-unsaturated/α-hetero) is 1. The van der Waals surface area contributed by atoms with Gasteiger partial charge in [-0.3, -0.25) is 9.59 Å². The second-order valence-electron chi connectivity index (χ2n) is 8.97. The van der Waals surface area contributed by atoms with Gasteiger partial charge < -0.3 is 14.6 Å². The molecule has 6 unspecified atom stereocenters. The van der Waals surface area contributed by atoms with Gasteiger partial charge >= 0.3 is 5.97 Å². The van der Waals surface area contributed by atoms with E-state index in [1.54, 1.807) is 7.11 Å². The minimum atomic E-state index is -0.678. The summed E-state index contributed by atoms with van der Waals surface area (Å²) in [5.74, 6) is 0.344. The molecule has 5 nitrogen and oxygen atoms in total. The number of carbonyl (C=O) groups excluding carboxylic acids is 1. The lowest BCUT2D eigenvalue weighted by molar-refractivity contribution is -0.161. The van der Waals surface area contributed by atoms with Gasteiger partial charge in [0.15, 0.2) is 0 Å². The SMILES string of the molecule is COCOC1CCC2C3CCC4=C(CCC(=O)C4)C3C(C(=O)O)CC12C. The van der Waals surface area contributed by atoms with Gasteiger partial charge in [-0.25, -0.2) is 0 Å². The van der Waals surface area contributed by atoms with Crippen LogP contribution in [-0.2, 0) is 19.1 Å². The molecule has 0 aromatic carbocycles. The molecule has 4 aliphatic carbocycles. The molecule has 0 heterocycles. The van der Waals surface area contributed by atoms with Gasteiger partial charge in [-0.2, -0.15) is 0 Å². The fourth-order valence-electron chi connectivity index (χ4n) is 6.79. The Morgan fingerprint density at radius 2 is 2.04 bits per heavy atom. The van der Waals surface area contributed by atoms with Gasteiger partial charge in [0.1, 0.15) is 12.6 Å². The smallest absolute Gasteiger partial charge is 0.307 e. The molecule has 0 saturated heterocycles. The molecule has 0 bridgehead atoms. The van der Waals surface area contributed by atoms with Gasteiger partial charge in [-0.05, 0) is 61.7 Å². The van der Waals surface area contributed by atoms with Crippen LogP contribution in [0.5, 0.6) is 0 Å². The molecule has 2 saturated carbocycles. The van der Waals surface area contributed by atoms with E-state index in [4.69, 9.17) is 9.47 Å². The number of ketones is 1. The van der Waals surface area contributed by atoms with E-state index in [2.05, 4.69) is 6.92 Å². The maximum atomic E-state index is 12.2. The summed E-state index contributed by atoms with van der Waals surface area (Å²) in [6.07, 6.45) is 6.80. The summed E-state index contributed by atoms with van der Waals surface area (Å²) in [4.78, 5) is 24.1. The molecule has 1 N–H and O–H groups in total. The molecule has 0 aromatic rings. The summed E-state index contributed by atoms with van der Waals surface area (Å²) in [6, 6.07) is 0. The first-order chi connectivity index (χ1) is 12.5. The fourth-order valence-corrected chi connectivity index (χ4v) is 6.79. The topological polar surface area (TPSA) is 72.8 Å². The molecule has 5 heteroatoms. The Morgan fingerprint density at radius 1 is 1.23 bits per heavy atom. The third-order valence-electron chi connectivity index (χ3n) is 7.82. The zero-order chi connectivity index (χ0) is 18.5. The molecule has 26 heavy (non-hydrogen) atoms. The lowest BCUT2D eigenvalue weighted by Gasteiger charge is -2.54. The summed E-state index contributed by atoms with van der Waals surface area (Å²) < 4.78 is 11.1. The molecule has 2 fully saturated rings. The van der Waals surface area contributed by atoms with Crippen molar-refractivity contribution in [1.29, 1.82) is 0 Å². The number of hydrogen-bond acceptors (Lipinski definition) is 4. The number of ether oxygens (including phenoxy) is 2. The van der Waals surface area contributed by atoms with E-state index in [1.165, 1.54) is 11.1 Å². The van der Waals surface area contributed by atoms with Crippen molar-refractivity contribution >= 4 is 11.8 Å². The molecule has 0 aromatic heterocycles. The van der Waals surface area contributed by atoms with E-state index in [1.807, 2.05) is 0 Å². The van der Waals surface area contributed by atoms with Crippen LogP contribution >= 0.6 is 0 Å². The van der Waals surface area contributed by atoms with Crippen LogP contribution in [0.4, 0.5) is 0 Å². The van der Waals surface area contributed by atoms with Crippen LogP contribution in [0.2, 0.25) is 0 Å². The predicted molar refractivity (Wildman–Crippen MR) is 95.4 cm³/mol. The van der Waals surface area contributed by atoms with Crippen LogP contribution in [0, 0.1) is 29.1 Å². The average molecular weight is 362 g/mol. The standard InChI is InChI=1S/C21H30O5/c1-21-10-16(20(23)24)19-14-6-4-13(22)9-12(14)3-5-15(19)17(21)7-8-18(21)26-11-25-2/h15-19H,3-11H2,1-2H3,(H,23,24). The number of carboxylic acid groups (broad SMARTS) is 1. The van der Waals surface area contributed by atoms with Gasteiger partial charge in [-0.15, -0.1) is 0 Å². The molecule has 0 radical (unpaired) electrons. The number of hydrogen-bond donors (Lipinski definition) is 1. The van der Waals surface area contributed by atoms with E-state index in [0.717, 1.165) is 32.1 Å². The molecule has 0 aliphatic heterocycles. The molecule has 144 valence electrons. The van der Waals surface area contributed by atoms with Crippen molar-refractivity contribution in [3.8, 4) is 0 Å². The highest BCUT2D eigenvalue weighted by Gasteiger charge is 2.60. The van der Waals surface area contributed by atoms with Crippen molar-refractivity contribution in [2.75, 3.05) is 13.9 Å². The van der Waals surface area contributed by atoms with Crippen LogP contribution in [0.3, 0.4) is 0 Å². The summed E-state index contributed by atoms with van der Waals surface area (Å²) in [7, 11) is 1.63. The Bertz CT molecular complexity index is 638. The number of carboxylic acids is 1. The van der Waals surface area contributed by atoms with Gasteiger partial charge in [-0.1, -0.05) is 18.1 Å². The third-order valence-corrected chi connectivity index (χ3v) is 7.82. The number of fused-ring (bicyclic) bond motifs is 4. The minimum Gasteiger partial charge on any atom is -0.481 e. The zero-order valence-electron chi connectivity index (χ0n) is 15.8. The van der Waals surface area contributed by atoms with E-state index in [-0.39, 0.29) is 30.1 Å². The fraction of sp³-hybridized carbons (Fsp3) is 0.810. The summed E-state index contributed by atoms with van der Waals surface area (Å²) in [5.41, 5.74) is 2.50. The van der Waals surface area contributed by atoms with Gasteiger partial charge in [0.25, 0.3) is 0 Å². The Morgan fingerprint density at radius 3 is 2.77 bits per heavy atom. The molecule has 4 rings (SSSR count). The Balaban J connectivity index is 1.68. The van der Waals surface area contributed by atoms with Crippen LogP contribution in [-0.4, -0.2) is 36.9 Å². The Labute approximate surface area is 155 Å². The number of aliphatic carboxylic acids is 1. The first-order valence-electron chi connectivity index (χ1n) is 10.0. The summed E-state index contributed by atoms with van der Waals surface area (Å²) in [5, 5.41) is 10.1. The lowest BCUT2D eigenvalue weighted by atomic mass is 9.51. The van der Waals surface area contributed by atoms with Gasteiger partial charge in [0.2, 0.25) is 0 Å². The maximum Gasteiger partial charge on any atom is 0.307 e. The number of rotatable bonds is 4. The van der Waals surface area contributed by atoms with Gasteiger partial charge in [0.05, 0.1) is 12.0 Å². The second-order valence-corrected chi connectivity index (χ2v) is 8.97. The summed E-state index contributed by atoms with van der Waals surface area (Å²) in [6.45, 7) is 2.52. The lowest BCUT2D eigenvalue weighted by Crippen LogP contribution is -2.52. The second kappa shape index (κ2) is 6.75. The highest BCUT2D eigenvalue weighted by atomic mass is 16.7. The van der Waals surface area contributed by atoms with Gasteiger partial charge in [0, 0.05) is 20.0 Å². The Hall–Kier alpha value is -1.20. The molecule has 4 aliphatic rings. The first-order valence-corrected chi connectivity index (χ1v) is 10.0. The van der Waals surface area contributed by atoms with Crippen molar-refractivity contribution < 1.29 is 24.2 Å². The van der Waals surface area contributed by atoms with Crippen molar-refractivity contribution in [3.05, 3.63) is 11.1 Å². The van der Waals surface area contributed by atoms with Crippen molar-refractivity contribution in [2.24, 2.45) is 29.1 Å². The highest BCUT2D eigenvalue weighted by Crippen LogP contribution is 2.63. The molecular weight excluding hydrogens is 332 g/mol. The maximum absolute atomic E-state index is 12.2. The molecule has 6 atom stereocenters. The Kier molecular flexibility index (Phi) is 4.72. The average Bonchev–Trinajstić information content (AvgIpc) is 2.94. The highest BCUT2D eigenvalue weighted by molar-refractivity contribution is 5.83. The molecular formula is C21H30O5. The van der Waals surface area contributed by atoms with Crippen LogP contribution in [0.1, 0.15) is 58.3 Å². The van der Waals surface area contributed by atoms with Crippen LogP contribution < -0.4 is 0 Å². The largest absolute Gasteiger partial charge is 0.481 e. The molecule has 0 spiro atoms. The van der Waals surface area contributed by atoms with Crippen LogP contribution in [0.15, 0.2) is 11.1 Å². The quantitative estimate of drug-likeness (QED) is 0.611. The predicted octanol–water partition coefficient (Wildman–Crippen LogP) is 3.57. The minimum absolute atomic E-state index is 0.0820. The van der Waals surface area contributed by atoms with E-state index >= 15 is 0 Å². The van der Waals surface area contributed by atoms with E-state index < -0.39 is 5.97 Å². The molecule has 0 amide bonds. The van der Waals surface area contributed by atoms with E-state index in [0.29, 0.717) is 36.9 Å². The zero-order valence-corrected chi connectivity index (χ0v) is 15.8. The van der Waals surface area contributed by atoms with Crippen LogP contribution in [0.25, 0.3) is 0 Å². The normalized spacial score (nSPS) is 42.2. The van der Waals surface area contributed by atoms with E-state index in [9.17, 15) is 14.7 Å². The van der Waals surface area contributed by atoms with Crippen molar-refractivity contribution in [1.82, 2.24) is 0 Å². The van der Waals surface area contributed by atoms with Crippen molar-refractivity contribution in [2.45, 2.75) is 64.4 Å². The summed E-state index contributed by atoms with van der Waals surface area (Å²) >= 11 is 0. The first kappa shape index (κ1) is 18.2. The number of methoxy groups -OCH3 is 1. The van der Waals surface area contributed by atoms with Crippen molar-refractivity contribution in [3.63, 3.8) is 0 Å². The number of allylic oxidation sites excluding steroid dienone is 2. The number of carbonyl (C=O) groups is 2. The third kappa shape index (κ3) is 2.75. The monoisotopic (exact) mass is 362 g/mol.